The van der Waals surface area contributed by atoms with Gasteiger partial charge in [-0.3, -0.25) is 0 Å². The first kappa shape index (κ1) is 11.9. The average molecular weight is 174 g/mol. The van der Waals surface area contributed by atoms with Gasteiger partial charge >= 0.3 is 0 Å². The van der Waals surface area contributed by atoms with E-state index in [1.54, 1.807) is 7.11 Å². The van der Waals surface area contributed by atoms with Crippen LogP contribution in [0.3, 0.4) is 0 Å². The van der Waals surface area contributed by atoms with Gasteiger partial charge in [-0.15, -0.1) is 0 Å². The second kappa shape index (κ2) is 4.83. The summed E-state index contributed by atoms with van der Waals surface area (Å²) in [6.07, 6.45) is 1.50. The summed E-state index contributed by atoms with van der Waals surface area (Å²) in [5.41, 5.74) is -0.135. The molecule has 0 aliphatic rings. The Morgan fingerprint density at radius 1 is 1.42 bits per heavy atom. The minimum Gasteiger partial charge on any atom is -0.368 e. The fourth-order valence-electron chi connectivity index (χ4n) is 1.46. The number of aliphatic hydroxyl groups excluding tert-OH is 1. The van der Waals surface area contributed by atoms with Gasteiger partial charge in [0.1, 0.15) is 0 Å². The summed E-state index contributed by atoms with van der Waals surface area (Å²) >= 11 is 0. The Morgan fingerprint density at radius 2 is 1.92 bits per heavy atom. The Hall–Kier alpha value is -0.0800. The molecule has 2 heteroatoms. The lowest BCUT2D eigenvalue weighted by Gasteiger charge is -2.31. The zero-order chi connectivity index (χ0) is 9.78. The largest absolute Gasteiger partial charge is 0.368 e. The molecule has 0 aliphatic heterocycles. The molecule has 12 heavy (non-hydrogen) atoms. The molecule has 0 amide bonds. The van der Waals surface area contributed by atoms with Crippen LogP contribution in [0.1, 0.15) is 40.5 Å². The van der Waals surface area contributed by atoms with E-state index in [2.05, 4.69) is 13.8 Å². The third-order valence-corrected chi connectivity index (χ3v) is 2.46. The van der Waals surface area contributed by atoms with Crippen LogP contribution in [0, 0.1) is 11.3 Å². The lowest BCUT2D eigenvalue weighted by Crippen LogP contribution is -2.32. The highest BCUT2D eigenvalue weighted by molar-refractivity contribution is 4.73. The van der Waals surface area contributed by atoms with Gasteiger partial charge in [0, 0.05) is 12.5 Å². The second-order valence-corrected chi connectivity index (χ2v) is 4.29. The molecule has 0 aromatic heterocycles. The Morgan fingerprint density at radius 3 is 2.25 bits per heavy atom. The summed E-state index contributed by atoms with van der Waals surface area (Å²) in [6.45, 7) is 8.44. The van der Waals surface area contributed by atoms with Gasteiger partial charge in [-0.05, 0) is 12.3 Å². The molecular weight excluding hydrogens is 152 g/mol. The highest BCUT2D eigenvalue weighted by atomic mass is 16.6. The minimum absolute atomic E-state index is 0.135. The topological polar surface area (TPSA) is 29.5 Å². The van der Waals surface area contributed by atoms with Gasteiger partial charge in [-0.1, -0.05) is 34.1 Å². The average Bonchev–Trinajstić information content (AvgIpc) is 2.02. The molecule has 0 fully saturated rings. The summed E-state index contributed by atoms with van der Waals surface area (Å²) in [4.78, 5) is 0. The van der Waals surface area contributed by atoms with Crippen LogP contribution in [0.4, 0.5) is 0 Å². The summed E-state index contributed by atoms with van der Waals surface area (Å²) < 4.78 is 4.92. The summed E-state index contributed by atoms with van der Waals surface area (Å²) in [5.74, 6) is 0.643. The quantitative estimate of drug-likeness (QED) is 0.649. The van der Waals surface area contributed by atoms with E-state index in [1.165, 1.54) is 0 Å². The standard InChI is InChI=1S/C10H22O2/c1-6-8(2)7-10(3,4)9(11)12-5/h8-9,11H,6-7H2,1-5H3. The van der Waals surface area contributed by atoms with E-state index in [0.717, 1.165) is 12.8 Å². The van der Waals surface area contributed by atoms with Crippen molar-refractivity contribution in [2.45, 2.75) is 46.8 Å². The first-order valence-electron chi connectivity index (χ1n) is 4.65. The second-order valence-electron chi connectivity index (χ2n) is 4.29. The molecule has 74 valence electrons. The molecule has 0 saturated heterocycles. The van der Waals surface area contributed by atoms with Crippen molar-refractivity contribution in [2.24, 2.45) is 11.3 Å². The maximum atomic E-state index is 9.51. The van der Waals surface area contributed by atoms with Crippen LogP contribution in [-0.2, 0) is 4.74 Å². The van der Waals surface area contributed by atoms with Crippen LogP contribution in [0.15, 0.2) is 0 Å². The van der Waals surface area contributed by atoms with Crippen molar-refractivity contribution in [1.82, 2.24) is 0 Å². The monoisotopic (exact) mass is 174 g/mol. The van der Waals surface area contributed by atoms with Gasteiger partial charge in [0.25, 0.3) is 0 Å². The lowest BCUT2D eigenvalue weighted by molar-refractivity contribution is -0.151. The van der Waals surface area contributed by atoms with Crippen LogP contribution < -0.4 is 0 Å². The molecule has 0 radical (unpaired) electrons. The molecule has 0 rings (SSSR count). The Balaban J connectivity index is 4.02. The molecule has 2 unspecified atom stereocenters. The SMILES string of the molecule is CCC(C)CC(C)(C)C(O)OC. The molecule has 0 aliphatic carbocycles. The van der Waals surface area contributed by atoms with Crippen LogP contribution >= 0.6 is 0 Å². The molecular formula is C10H22O2. The van der Waals surface area contributed by atoms with Crippen molar-refractivity contribution >= 4 is 0 Å². The molecule has 0 aromatic carbocycles. The highest BCUT2D eigenvalue weighted by Crippen LogP contribution is 2.30. The molecule has 0 saturated carbocycles. The van der Waals surface area contributed by atoms with Gasteiger partial charge in [-0.25, -0.2) is 0 Å². The fraction of sp³-hybridized carbons (Fsp3) is 1.00. The van der Waals surface area contributed by atoms with Gasteiger partial charge in [0.05, 0.1) is 0 Å². The molecule has 2 atom stereocenters. The predicted octanol–water partition coefficient (Wildman–Crippen LogP) is 2.41. The zero-order valence-electron chi connectivity index (χ0n) is 8.92. The van der Waals surface area contributed by atoms with E-state index in [4.69, 9.17) is 4.74 Å². The summed E-state index contributed by atoms with van der Waals surface area (Å²) in [6, 6.07) is 0. The first-order valence-corrected chi connectivity index (χ1v) is 4.65. The van der Waals surface area contributed by atoms with E-state index >= 15 is 0 Å². The van der Waals surface area contributed by atoms with Crippen molar-refractivity contribution in [3.8, 4) is 0 Å². The van der Waals surface area contributed by atoms with E-state index < -0.39 is 6.29 Å². The predicted molar refractivity (Wildman–Crippen MR) is 50.9 cm³/mol. The van der Waals surface area contributed by atoms with Crippen LogP contribution in [0.5, 0.6) is 0 Å². The minimum atomic E-state index is -0.647. The number of hydrogen-bond acceptors (Lipinski definition) is 2. The van der Waals surface area contributed by atoms with Crippen LogP contribution in [-0.4, -0.2) is 18.5 Å². The Bertz CT molecular complexity index is 121. The van der Waals surface area contributed by atoms with E-state index in [1.807, 2.05) is 13.8 Å². The maximum Gasteiger partial charge on any atom is 0.159 e. The van der Waals surface area contributed by atoms with E-state index in [-0.39, 0.29) is 5.41 Å². The number of ether oxygens (including phenoxy) is 1. The number of rotatable bonds is 5. The summed E-state index contributed by atoms with van der Waals surface area (Å²) in [5, 5.41) is 9.51. The van der Waals surface area contributed by atoms with Crippen LogP contribution in [0.25, 0.3) is 0 Å². The van der Waals surface area contributed by atoms with Crippen molar-refractivity contribution in [1.29, 1.82) is 0 Å². The van der Waals surface area contributed by atoms with Gasteiger partial charge < -0.3 is 9.84 Å². The molecule has 0 aromatic rings. The van der Waals surface area contributed by atoms with Crippen molar-refractivity contribution in [3.63, 3.8) is 0 Å². The van der Waals surface area contributed by atoms with Gasteiger partial charge in [0.2, 0.25) is 0 Å². The number of methoxy groups -OCH3 is 1. The molecule has 1 N–H and O–H groups in total. The number of aliphatic hydroxyl groups is 1. The van der Waals surface area contributed by atoms with Crippen molar-refractivity contribution in [3.05, 3.63) is 0 Å². The zero-order valence-corrected chi connectivity index (χ0v) is 8.92. The Kier molecular flexibility index (Phi) is 4.80. The number of hydrogen-bond donors (Lipinski definition) is 1. The molecule has 2 nitrogen and oxygen atoms in total. The molecule has 0 bridgehead atoms. The van der Waals surface area contributed by atoms with Crippen molar-refractivity contribution < 1.29 is 9.84 Å². The first-order chi connectivity index (χ1) is 5.44. The normalized spacial score (nSPS) is 17.5. The molecule has 0 heterocycles. The van der Waals surface area contributed by atoms with Crippen LogP contribution in [0.2, 0.25) is 0 Å². The van der Waals surface area contributed by atoms with Gasteiger partial charge in [-0.2, -0.15) is 0 Å². The summed E-state index contributed by atoms with van der Waals surface area (Å²) in [7, 11) is 1.54. The van der Waals surface area contributed by atoms with Gasteiger partial charge in [0.15, 0.2) is 6.29 Å². The maximum absolute atomic E-state index is 9.51. The highest BCUT2D eigenvalue weighted by Gasteiger charge is 2.28. The fourth-order valence-corrected chi connectivity index (χ4v) is 1.46. The smallest absolute Gasteiger partial charge is 0.159 e. The van der Waals surface area contributed by atoms with E-state index in [0.29, 0.717) is 5.92 Å². The van der Waals surface area contributed by atoms with E-state index in [9.17, 15) is 5.11 Å². The lowest BCUT2D eigenvalue weighted by atomic mass is 9.82. The Labute approximate surface area is 75.9 Å². The van der Waals surface area contributed by atoms with Crippen molar-refractivity contribution in [2.75, 3.05) is 7.11 Å². The third-order valence-electron chi connectivity index (χ3n) is 2.46. The molecule has 0 spiro atoms. The third kappa shape index (κ3) is 3.55.